The maximum Gasteiger partial charge on any atom is 0.266 e. The molecular weight excluding hydrogens is 354 g/mol. The van der Waals surface area contributed by atoms with Crippen molar-refractivity contribution in [3.8, 4) is 6.07 Å². The van der Waals surface area contributed by atoms with E-state index in [1.807, 2.05) is 0 Å². The number of amides is 1. The van der Waals surface area contributed by atoms with Gasteiger partial charge in [-0.2, -0.15) is 5.26 Å². The number of rotatable bonds is 3. The SMILES string of the molecule is N#C/C(=C\c1cccc(Br)c1)C(=O)Nc1ccc(F)cc1F. The van der Waals surface area contributed by atoms with Gasteiger partial charge in [0.1, 0.15) is 23.3 Å². The van der Waals surface area contributed by atoms with E-state index in [0.717, 1.165) is 16.6 Å². The number of carbonyl (C=O) groups excluding carboxylic acids is 1. The van der Waals surface area contributed by atoms with E-state index in [0.29, 0.717) is 11.6 Å². The lowest BCUT2D eigenvalue weighted by atomic mass is 10.1. The third kappa shape index (κ3) is 3.99. The molecule has 0 fully saturated rings. The lowest BCUT2D eigenvalue weighted by molar-refractivity contribution is -0.112. The van der Waals surface area contributed by atoms with Crippen molar-refractivity contribution in [2.75, 3.05) is 5.32 Å². The molecule has 110 valence electrons. The first-order valence-electron chi connectivity index (χ1n) is 6.13. The molecule has 0 radical (unpaired) electrons. The zero-order valence-corrected chi connectivity index (χ0v) is 12.7. The number of halogens is 3. The zero-order chi connectivity index (χ0) is 16.1. The fraction of sp³-hybridized carbons (Fsp3) is 0. The summed E-state index contributed by atoms with van der Waals surface area (Å²) in [6.07, 6.45) is 1.38. The molecule has 0 atom stereocenters. The van der Waals surface area contributed by atoms with Gasteiger partial charge in [-0.3, -0.25) is 4.79 Å². The van der Waals surface area contributed by atoms with E-state index in [-0.39, 0.29) is 11.3 Å². The summed E-state index contributed by atoms with van der Waals surface area (Å²) in [5, 5.41) is 11.3. The van der Waals surface area contributed by atoms with Crippen molar-refractivity contribution in [2.24, 2.45) is 0 Å². The van der Waals surface area contributed by atoms with Gasteiger partial charge in [0.25, 0.3) is 5.91 Å². The Morgan fingerprint density at radius 1 is 1.23 bits per heavy atom. The number of nitrogens with one attached hydrogen (secondary N) is 1. The third-order valence-corrected chi connectivity index (χ3v) is 3.20. The predicted molar refractivity (Wildman–Crippen MR) is 82.7 cm³/mol. The van der Waals surface area contributed by atoms with Crippen LogP contribution in [-0.4, -0.2) is 5.91 Å². The van der Waals surface area contributed by atoms with Crippen LogP contribution in [0.15, 0.2) is 52.5 Å². The highest BCUT2D eigenvalue weighted by molar-refractivity contribution is 9.10. The van der Waals surface area contributed by atoms with Crippen LogP contribution < -0.4 is 5.32 Å². The minimum absolute atomic E-state index is 0.193. The summed E-state index contributed by atoms with van der Waals surface area (Å²) in [5.74, 6) is -2.43. The summed E-state index contributed by atoms with van der Waals surface area (Å²) in [4.78, 5) is 12.0. The molecule has 2 rings (SSSR count). The van der Waals surface area contributed by atoms with Crippen LogP contribution in [0.4, 0.5) is 14.5 Å². The first-order valence-corrected chi connectivity index (χ1v) is 6.92. The molecule has 0 aromatic heterocycles. The van der Waals surface area contributed by atoms with Gasteiger partial charge in [-0.15, -0.1) is 0 Å². The zero-order valence-electron chi connectivity index (χ0n) is 11.1. The molecule has 0 bridgehead atoms. The lowest BCUT2D eigenvalue weighted by Gasteiger charge is -2.05. The number of anilines is 1. The minimum Gasteiger partial charge on any atom is -0.319 e. The average molecular weight is 363 g/mol. The molecule has 0 aliphatic carbocycles. The summed E-state index contributed by atoms with van der Waals surface area (Å²) in [6, 6.07) is 11.5. The highest BCUT2D eigenvalue weighted by atomic mass is 79.9. The fourth-order valence-electron chi connectivity index (χ4n) is 1.69. The normalized spacial score (nSPS) is 10.9. The quantitative estimate of drug-likeness (QED) is 0.654. The summed E-state index contributed by atoms with van der Waals surface area (Å²) in [7, 11) is 0. The van der Waals surface area contributed by atoms with Crippen molar-refractivity contribution in [1.82, 2.24) is 0 Å². The lowest BCUT2D eigenvalue weighted by Crippen LogP contribution is -2.14. The minimum atomic E-state index is -0.909. The van der Waals surface area contributed by atoms with E-state index >= 15 is 0 Å². The molecule has 0 unspecified atom stereocenters. The van der Waals surface area contributed by atoms with E-state index in [9.17, 15) is 13.6 Å². The van der Waals surface area contributed by atoms with Gasteiger partial charge in [-0.1, -0.05) is 28.1 Å². The Hall–Kier alpha value is -2.52. The molecule has 1 N–H and O–H groups in total. The number of hydrogen-bond donors (Lipinski definition) is 1. The molecule has 0 saturated carbocycles. The van der Waals surface area contributed by atoms with Gasteiger partial charge in [0.2, 0.25) is 0 Å². The van der Waals surface area contributed by atoms with Crippen molar-refractivity contribution in [3.63, 3.8) is 0 Å². The molecule has 2 aromatic rings. The average Bonchev–Trinajstić information content (AvgIpc) is 2.47. The molecule has 1 amide bonds. The molecule has 0 aliphatic heterocycles. The first kappa shape index (κ1) is 15.9. The molecule has 0 aliphatic rings. The van der Waals surface area contributed by atoms with E-state index < -0.39 is 17.5 Å². The number of hydrogen-bond acceptors (Lipinski definition) is 2. The molecule has 0 heterocycles. The second-order valence-electron chi connectivity index (χ2n) is 4.30. The molecule has 0 saturated heterocycles. The number of benzene rings is 2. The second-order valence-corrected chi connectivity index (χ2v) is 5.22. The van der Waals surface area contributed by atoms with Crippen LogP contribution >= 0.6 is 15.9 Å². The van der Waals surface area contributed by atoms with Gasteiger partial charge in [-0.05, 0) is 35.9 Å². The standard InChI is InChI=1S/C16H9BrF2N2O/c17-12-3-1-2-10(7-12)6-11(9-20)16(22)21-15-5-4-13(18)8-14(15)19/h1-8H,(H,21,22)/b11-6+. The molecule has 2 aromatic carbocycles. The molecule has 6 heteroatoms. The van der Waals surface area contributed by atoms with E-state index in [1.54, 1.807) is 30.3 Å². The van der Waals surface area contributed by atoms with Crippen molar-refractivity contribution < 1.29 is 13.6 Å². The van der Waals surface area contributed by atoms with Crippen LogP contribution in [0.25, 0.3) is 6.08 Å². The molecule has 22 heavy (non-hydrogen) atoms. The van der Waals surface area contributed by atoms with Crippen LogP contribution in [0, 0.1) is 23.0 Å². The topological polar surface area (TPSA) is 52.9 Å². The first-order chi connectivity index (χ1) is 10.5. The van der Waals surface area contributed by atoms with E-state index in [4.69, 9.17) is 5.26 Å². The van der Waals surface area contributed by atoms with Gasteiger partial charge in [0.05, 0.1) is 5.69 Å². The van der Waals surface area contributed by atoms with Crippen molar-refractivity contribution >= 4 is 33.6 Å². The van der Waals surface area contributed by atoms with E-state index in [1.165, 1.54) is 6.08 Å². The molecule has 0 spiro atoms. The van der Waals surface area contributed by atoms with Gasteiger partial charge >= 0.3 is 0 Å². The summed E-state index contributed by atoms with van der Waals surface area (Å²) < 4.78 is 27.1. The highest BCUT2D eigenvalue weighted by Gasteiger charge is 2.12. The summed E-state index contributed by atoms with van der Waals surface area (Å²) in [5.41, 5.74) is 0.254. The number of carbonyl (C=O) groups is 1. The maximum atomic E-state index is 13.5. The summed E-state index contributed by atoms with van der Waals surface area (Å²) >= 11 is 3.28. The number of nitriles is 1. The Labute approximate surface area is 134 Å². The smallest absolute Gasteiger partial charge is 0.266 e. The van der Waals surface area contributed by atoms with E-state index in [2.05, 4.69) is 21.2 Å². The van der Waals surface area contributed by atoms with Crippen LogP contribution in [0.1, 0.15) is 5.56 Å². The maximum absolute atomic E-state index is 13.5. The van der Waals surface area contributed by atoms with Crippen molar-refractivity contribution in [1.29, 1.82) is 5.26 Å². The second kappa shape index (κ2) is 6.96. The Kier molecular flexibility index (Phi) is 5.02. The van der Waals surface area contributed by atoms with Crippen LogP contribution in [0.3, 0.4) is 0 Å². The predicted octanol–water partition coefficient (Wildman–Crippen LogP) is 4.27. The van der Waals surface area contributed by atoms with Crippen LogP contribution in [0.2, 0.25) is 0 Å². The Morgan fingerprint density at radius 2 is 2.00 bits per heavy atom. The van der Waals surface area contributed by atoms with Crippen LogP contribution in [0.5, 0.6) is 0 Å². The number of nitrogens with zero attached hydrogens (tertiary/aromatic N) is 1. The summed E-state index contributed by atoms with van der Waals surface area (Å²) in [6.45, 7) is 0. The highest BCUT2D eigenvalue weighted by Crippen LogP contribution is 2.18. The third-order valence-electron chi connectivity index (χ3n) is 2.70. The van der Waals surface area contributed by atoms with Crippen molar-refractivity contribution in [3.05, 3.63) is 69.7 Å². The Balaban J connectivity index is 2.24. The molecular formula is C16H9BrF2N2O. The van der Waals surface area contributed by atoms with Gasteiger partial charge in [0, 0.05) is 10.5 Å². The van der Waals surface area contributed by atoms with Gasteiger partial charge in [-0.25, -0.2) is 8.78 Å². The van der Waals surface area contributed by atoms with Gasteiger partial charge < -0.3 is 5.32 Å². The van der Waals surface area contributed by atoms with Crippen molar-refractivity contribution in [2.45, 2.75) is 0 Å². The fourth-order valence-corrected chi connectivity index (χ4v) is 2.11. The Morgan fingerprint density at radius 3 is 2.64 bits per heavy atom. The largest absolute Gasteiger partial charge is 0.319 e. The Bertz CT molecular complexity index is 797. The van der Waals surface area contributed by atoms with Crippen LogP contribution in [-0.2, 0) is 4.79 Å². The molecule has 3 nitrogen and oxygen atoms in total. The van der Waals surface area contributed by atoms with Gasteiger partial charge in [0.15, 0.2) is 0 Å². The monoisotopic (exact) mass is 362 g/mol.